The molecule has 3 heteroatoms. The van der Waals surface area contributed by atoms with Crippen LogP contribution in [0.5, 0.6) is 0 Å². The van der Waals surface area contributed by atoms with Crippen molar-refractivity contribution in [1.29, 1.82) is 0 Å². The molecule has 0 amide bonds. The molecule has 1 aromatic rings. The third-order valence-corrected chi connectivity index (χ3v) is 3.02. The van der Waals surface area contributed by atoms with Gasteiger partial charge in [-0.3, -0.25) is 0 Å². The van der Waals surface area contributed by atoms with Crippen LogP contribution in [0.4, 0.5) is 10.1 Å². The normalized spacial score (nSPS) is 10.4. The highest BCUT2D eigenvalue weighted by molar-refractivity contribution is 9.10. The molecule has 0 aliphatic heterocycles. The molecule has 0 unspecified atom stereocenters. The van der Waals surface area contributed by atoms with Crippen molar-refractivity contribution in [3.63, 3.8) is 0 Å². The quantitative estimate of drug-likeness (QED) is 0.698. The zero-order chi connectivity index (χ0) is 11.8. The predicted molar refractivity (Wildman–Crippen MR) is 71.3 cm³/mol. The van der Waals surface area contributed by atoms with E-state index in [1.807, 2.05) is 0 Å². The molecule has 16 heavy (non-hydrogen) atoms. The summed E-state index contributed by atoms with van der Waals surface area (Å²) in [5.74, 6) is -0.184. The molecule has 0 bridgehead atoms. The van der Waals surface area contributed by atoms with Crippen LogP contribution in [0.1, 0.15) is 39.0 Å². The highest BCUT2D eigenvalue weighted by atomic mass is 79.9. The summed E-state index contributed by atoms with van der Waals surface area (Å²) in [6.07, 6.45) is 6.15. The van der Waals surface area contributed by atoms with E-state index in [4.69, 9.17) is 0 Å². The first kappa shape index (κ1) is 13.5. The van der Waals surface area contributed by atoms with Crippen LogP contribution in [0.15, 0.2) is 22.7 Å². The summed E-state index contributed by atoms with van der Waals surface area (Å²) in [4.78, 5) is 0. The summed E-state index contributed by atoms with van der Waals surface area (Å²) in [5.41, 5.74) is 0.588. The zero-order valence-corrected chi connectivity index (χ0v) is 11.3. The maximum Gasteiger partial charge on any atom is 0.146 e. The van der Waals surface area contributed by atoms with Crippen LogP contribution in [0.25, 0.3) is 0 Å². The molecule has 1 N–H and O–H groups in total. The van der Waals surface area contributed by atoms with Gasteiger partial charge in [-0.2, -0.15) is 0 Å². The first-order valence-electron chi connectivity index (χ1n) is 5.93. The maximum atomic E-state index is 13.3. The Labute approximate surface area is 106 Å². The minimum Gasteiger partial charge on any atom is -0.383 e. The average molecular weight is 288 g/mol. The van der Waals surface area contributed by atoms with E-state index in [-0.39, 0.29) is 5.82 Å². The summed E-state index contributed by atoms with van der Waals surface area (Å²) in [7, 11) is 0. The van der Waals surface area contributed by atoms with Gasteiger partial charge in [-0.15, -0.1) is 0 Å². The van der Waals surface area contributed by atoms with E-state index in [2.05, 4.69) is 28.2 Å². The van der Waals surface area contributed by atoms with Crippen LogP contribution in [-0.2, 0) is 0 Å². The molecule has 1 aromatic carbocycles. The van der Waals surface area contributed by atoms with Crippen molar-refractivity contribution in [3.8, 4) is 0 Å². The number of anilines is 1. The number of hydrogen-bond acceptors (Lipinski definition) is 1. The predicted octanol–water partition coefficient (Wildman–Crippen LogP) is 4.97. The second-order valence-corrected chi connectivity index (χ2v) is 4.88. The van der Waals surface area contributed by atoms with Crippen LogP contribution in [0.2, 0.25) is 0 Å². The highest BCUT2D eigenvalue weighted by Crippen LogP contribution is 2.20. The van der Waals surface area contributed by atoms with E-state index in [0.29, 0.717) is 5.69 Å². The van der Waals surface area contributed by atoms with Crippen molar-refractivity contribution >= 4 is 21.6 Å². The molecule has 0 fully saturated rings. The van der Waals surface area contributed by atoms with Gasteiger partial charge in [0, 0.05) is 11.0 Å². The zero-order valence-electron chi connectivity index (χ0n) is 9.73. The third kappa shape index (κ3) is 4.97. The molecular formula is C13H19BrFN. The fourth-order valence-electron chi connectivity index (χ4n) is 1.58. The standard InChI is InChI=1S/C13H19BrFN/c1-2-3-4-5-6-9-16-13-10-11(14)7-8-12(13)15/h7-8,10,16H,2-6,9H2,1H3. The smallest absolute Gasteiger partial charge is 0.146 e. The van der Waals surface area contributed by atoms with E-state index in [9.17, 15) is 4.39 Å². The Morgan fingerprint density at radius 3 is 2.69 bits per heavy atom. The Balaban J connectivity index is 2.23. The molecule has 0 heterocycles. The Morgan fingerprint density at radius 1 is 1.19 bits per heavy atom. The Bertz CT molecular complexity index is 315. The van der Waals surface area contributed by atoms with Gasteiger partial charge in [-0.05, 0) is 24.6 Å². The lowest BCUT2D eigenvalue weighted by Crippen LogP contribution is -2.03. The minimum atomic E-state index is -0.184. The molecule has 0 aliphatic carbocycles. The number of halogens is 2. The molecule has 0 aromatic heterocycles. The Kier molecular flexibility index (Phi) is 6.46. The SMILES string of the molecule is CCCCCCCNc1cc(Br)ccc1F. The van der Waals surface area contributed by atoms with Gasteiger partial charge >= 0.3 is 0 Å². The Hall–Kier alpha value is -0.570. The van der Waals surface area contributed by atoms with Gasteiger partial charge in [0.1, 0.15) is 5.82 Å². The van der Waals surface area contributed by atoms with Crippen LogP contribution in [0, 0.1) is 5.82 Å². The second-order valence-electron chi connectivity index (χ2n) is 3.97. The van der Waals surface area contributed by atoms with E-state index >= 15 is 0 Å². The maximum absolute atomic E-state index is 13.3. The second kappa shape index (κ2) is 7.66. The fourth-order valence-corrected chi connectivity index (χ4v) is 1.95. The number of benzene rings is 1. The first-order chi connectivity index (χ1) is 7.74. The van der Waals surface area contributed by atoms with Crippen LogP contribution >= 0.6 is 15.9 Å². The Morgan fingerprint density at radius 2 is 1.94 bits per heavy atom. The van der Waals surface area contributed by atoms with Crippen molar-refractivity contribution in [2.75, 3.05) is 11.9 Å². The average Bonchev–Trinajstić information content (AvgIpc) is 2.28. The van der Waals surface area contributed by atoms with Gasteiger partial charge in [0.2, 0.25) is 0 Å². The number of unbranched alkanes of at least 4 members (excludes halogenated alkanes) is 4. The van der Waals surface area contributed by atoms with Gasteiger partial charge in [0.25, 0.3) is 0 Å². The summed E-state index contributed by atoms with van der Waals surface area (Å²) in [5, 5.41) is 3.13. The van der Waals surface area contributed by atoms with Crippen LogP contribution in [-0.4, -0.2) is 6.54 Å². The third-order valence-electron chi connectivity index (χ3n) is 2.52. The summed E-state index contributed by atoms with van der Waals surface area (Å²) < 4.78 is 14.2. The number of nitrogens with one attached hydrogen (secondary N) is 1. The fraction of sp³-hybridized carbons (Fsp3) is 0.538. The van der Waals surface area contributed by atoms with Gasteiger partial charge in [-0.1, -0.05) is 48.5 Å². The first-order valence-corrected chi connectivity index (χ1v) is 6.72. The summed E-state index contributed by atoms with van der Waals surface area (Å²) in [6, 6.07) is 4.96. The summed E-state index contributed by atoms with van der Waals surface area (Å²) in [6.45, 7) is 3.05. The van der Waals surface area contributed by atoms with E-state index in [0.717, 1.165) is 17.4 Å². The molecule has 1 nitrogen and oxygen atoms in total. The highest BCUT2D eigenvalue weighted by Gasteiger charge is 2.01. The van der Waals surface area contributed by atoms with Crippen molar-refractivity contribution in [1.82, 2.24) is 0 Å². The van der Waals surface area contributed by atoms with E-state index in [1.165, 1.54) is 31.7 Å². The van der Waals surface area contributed by atoms with Gasteiger partial charge in [0.05, 0.1) is 5.69 Å². The van der Waals surface area contributed by atoms with Gasteiger partial charge < -0.3 is 5.32 Å². The van der Waals surface area contributed by atoms with Crippen molar-refractivity contribution in [2.45, 2.75) is 39.0 Å². The lowest BCUT2D eigenvalue weighted by molar-refractivity contribution is 0.623. The number of rotatable bonds is 7. The molecule has 90 valence electrons. The molecule has 1 rings (SSSR count). The molecule has 0 saturated carbocycles. The minimum absolute atomic E-state index is 0.184. The van der Waals surface area contributed by atoms with Crippen molar-refractivity contribution < 1.29 is 4.39 Å². The lowest BCUT2D eigenvalue weighted by atomic mass is 10.1. The lowest BCUT2D eigenvalue weighted by Gasteiger charge is -2.07. The largest absolute Gasteiger partial charge is 0.383 e. The molecule has 0 aliphatic rings. The van der Waals surface area contributed by atoms with Crippen LogP contribution < -0.4 is 5.32 Å². The van der Waals surface area contributed by atoms with E-state index < -0.39 is 0 Å². The summed E-state index contributed by atoms with van der Waals surface area (Å²) >= 11 is 3.33. The molecule has 0 atom stereocenters. The van der Waals surface area contributed by atoms with Gasteiger partial charge in [-0.25, -0.2) is 4.39 Å². The van der Waals surface area contributed by atoms with Crippen LogP contribution in [0.3, 0.4) is 0 Å². The molecule has 0 saturated heterocycles. The van der Waals surface area contributed by atoms with Gasteiger partial charge in [0.15, 0.2) is 0 Å². The van der Waals surface area contributed by atoms with E-state index in [1.54, 1.807) is 12.1 Å². The molecular weight excluding hydrogens is 269 g/mol. The topological polar surface area (TPSA) is 12.0 Å². The molecule has 0 spiro atoms. The van der Waals surface area contributed by atoms with Crippen molar-refractivity contribution in [3.05, 3.63) is 28.5 Å². The molecule has 0 radical (unpaired) electrons. The van der Waals surface area contributed by atoms with Crippen molar-refractivity contribution in [2.24, 2.45) is 0 Å². The monoisotopic (exact) mass is 287 g/mol. The number of hydrogen-bond donors (Lipinski definition) is 1.